The van der Waals surface area contributed by atoms with Crippen molar-refractivity contribution in [2.24, 2.45) is 0 Å². The van der Waals surface area contributed by atoms with Crippen LogP contribution in [0.2, 0.25) is 0 Å². The minimum Gasteiger partial charge on any atom is -0.710 e. The first-order valence-electron chi connectivity index (χ1n) is 14.3. The fourth-order valence-electron chi connectivity index (χ4n) is 5.33. The molecule has 0 aliphatic carbocycles. The fraction of sp³-hybridized carbons (Fsp3) is 0.229. The summed E-state index contributed by atoms with van der Waals surface area (Å²) in [4.78, 5) is 29.3. The minimum absolute atomic E-state index is 0.0491. The molecule has 2 N–H and O–H groups in total. The van der Waals surface area contributed by atoms with E-state index in [4.69, 9.17) is 9.47 Å². The third-order valence-electron chi connectivity index (χ3n) is 7.26. The largest absolute Gasteiger partial charge is 0.710 e. The Hall–Kier alpha value is -5.31. The van der Waals surface area contributed by atoms with Gasteiger partial charge in [0.15, 0.2) is 5.69 Å². The van der Waals surface area contributed by atoms with Crippen LogP contribution in [-0.4, -0.2) is 34.3 Å². The van der Waals surface area contributed by atoms with Crippen LogP contribution >= 0.6 is 0 Å². The molecule has 0 saturated carbocycles. The van der Waals surface area contributed by atoms with Gasteiger partial charge in [-0.05, 0) is 93.8 Å². The number of rotatable bonds is 6. The summed E-state index contributed by atoms with van der Waals surface area (Å²) in [5.41, 5.74) is 6.15. The van der Waals surface area contributed by atoms with Gasteiger partial charge >= 0.3 is 6.09 Å². The van der Waals surface area contributed by atoms with Gasteiger partial charge in [0.25, 0.3) is 11.7 Å². The van der Waals surface area contributed by atoms with Gasteiger partial charge in [-0.1, -0.05) is 30.3 Å². The summed E-state index contributed by atoms with van der Waals surface area (Å²) in [6.07, 6.45) is 1.12. The first-order valence-corrected chi connectivity index (χ1v) is 14.3. The number of hydrogen-bond donors (Lipinski definition) is 2. The van der Waals surface area contributed by atoms with Gasteiger partial charge in [-0.15, -0.1) is 0 Å². The number of amides is 1. The molecule has 0 fully saturated rings. The Morgan fingerprint density at radius 3 is 2.30 bits per heavy atom. The Morgan fingerprint density at radius 2 is 1.61 bits per heavy atom. The average Bonchev–Trinajstić information content (AvgIpc) is 3.56. The molecular weight excluding hydrogens is 556 g/mol. The van der Waals surface area contributed by atoms with Crippen LogP contribution in [0.4, 0.5) is 10.5 Å². The van der Waals surface area contributed by atoms with Crippen molar-refractivity contribution in [3.05, 3.63) is 107 Å². The number of anilines is 1. The van der Waals surface area contributed by atoms with Crippen molar-refractivity contribution < 1.29 is 23.8 Å². The number of aromatic nitrogens is 3. The van der Waals surface area contributed by atoms with Crippen molar-refractivity contribution in [2.45, 2.75) is 47.1 Å². The highest BCUT2D eigenvalue weighted by molar-refractivity contribution is 6.03. The molecule has 5 aromatic rings. The Kier molecular flexibility index (Phi) is 8.06. The van der Waals surface area contributed by atoms with Crippen molar-refractivity contribution in [2.75, 3.05) is 12.4 Å². The van der Waals surface area contributed by atoms with Crippen molar-refractivity contribution in [1.29, 1.82) is 0 Å². The van der Waals surface area contributed by atoms with Crippen LogP contribution in [0.3, 0.4) is 0 Å². The predicted octanol–water partition coefficient (Wildman–Crippen LogP) is 7.42. The molecule has 1 amide bonds. The molecule has 2 aromatic heterocycles. The molecule has 0 spiro atoms. The molecule has 0 radical (unpaired) electrons. The topological polar surface area (TPSA) is 112 Å². The van der Waals surface area contributed by atoms with Crippen LogP contribution in [0, 0.1) is 26.0 Å². The number of aromatic amines is 1. The van der Waals surface area contributed by atoms with Gasteiger partial charge < -0.3 is 20.0 Å². The molecule has 2 heterocycles. The number of H-pyrrole nitrogens is 1. The number of carbonyl (C=O) groups is 2. The number of ether oxygens (including phenoxy) is 2. The first-order chi connectivity index (χ1) is 20.9. The lowest BCUT2D eigenvalue weighted by Gasteiger charge is -2.20. The molecule has 9 heteroatoms. The SMILES string of the molecule is COc1ccc(-c2[nH]c(C)c(C(=O)Nc3cccc(-c4cccn4C(=O)OC(C)(C)C)c3)[n+]2[O-])cc1-c1c(C)cccc1C. The van der Waals surface area contributed by atoms with E-state index in [0.717, 1.165) is 22.3 Å². The molecule has 3 aromatic carbocycles. The zero-order chi connectivity index (χ0) is 31.8. The minimum atomic E-state index is -0.651. The predicted molar refractivity (Wildman–Crippen MR) is 171 cm³/mol. The summed E-state index contributed by atoms with van der Waals surface area (Å²) >= 11 is 0. The lowest BCUT2D eigenvalue weighted by molar-refractivity contribution is -0.594. The lowest BCUT2D eigenvalue weighted by atomic mass is 9.93. The number of benzene rings is 3. The highest BCUT2D eigenvalue weighted by Crippen LogP contribution is 2.37. The van der Waals surface area contributed by atoms with Gasteiger partial charge in [-0.2, -0.15) is 0 Å². The number of hydrogen-bond acceptors (Lipinski definition) is 5. The second kappa shape index (κ2) is 11.8. The van der Waals surface area contributed by atoms with E-state index >= 15 is 0 Å². The number of methoxy groups -OCH3 is 1. The van der Waals surface area contributed by atoms with E-state index in [0.29, 0.717) is 38.7 Å². The molecule has 44 heavy (non-hydrogen) atoms. The highest BCUT2D eigenvalue weighted by Gasteiger charge is 2.27. The Labute approximate surface area is 256 Å². The third-order valence-corrected chi connectivity index (χ3v) is 7.26. The Morgan fingerprint density at radius 1 is 0.909 bits per heavy atom. The summed E-state index contributed by atoms with van der Waals surface area (Å²) in [7, 11) is 1.62. The van der Waals surface area contributed by atoms with E-state index in [1.54, 1.807) is 77.4 Å². The zero-order valence-electron chi connectivity index (χ0n) is 25.9. The fourth-order valence-corrected chi connectivity index (χ4v) is 5.33. The molecule has 0 bridgehead atoms. The third kappa shape index (κ3) is 5.94. The molecule has 0 atom stereocenters. The highest BCUT2D eigenvalue weighted by atomic mass is 16.6. The van der Waals surface area contributed by atoms with Crippen molar-refractivity contribution in [3.8, 4) is 39.5 Å². The van der Waals surface area contributed by atoms with E-state index in [2.05, 4.69) is 10.3 Å². The molecular formula is C35H36N4O5. The summed E-state index contributed by atoms with van der Waals surface area (Å²) in [6.45, 7) is 11.2. The van der Waals surface area contributed by atoms with Crippen molar-refractivity contribution in [3.63, 3.8) is 0 Å². The molecule has 9 nitrogen and oxygen atoms in total. The lowest BCUT2D eigenvalue weighted by Crippen LogP contribution is -2.36. The van der Waals surface area contributed by atoms with Gasteiger partial charge in [0.1, 0.15) is 11.4 Å². The maximum Gasteiger partial charge on any atom is 0.418 e. The molecule has 0 aliphatic rings. The van der Waals surface area contributed by atoms with Crippen LogP contribution in [0.25, 0.3) is 33.8 Å². The summed E-state index contributed by atoms with van der Waals surface area (Å²) < 4.78 is 13.2. The average molecular weight is 593 g/mol. The van der Waals surface area contributed by atoms with E-state index < -0.39 is 17.6 Å². The van der Waals surface area contributed by atoms with Crippen LogP contribution in [0.1, 0.15) is 48.1 Å². The Bertz CT molecular complexity index is 1860. The normalized spacial score (nSPS) is 11.3. The standard InChI is InChI=1S/C35H36N4O5/c1-21-11-8-12-22(2)30(21)27-20-25(16-17-29(27)43-7)32-36-23(3)31(39(32)42)33(40)37-26-14-9-13-24(19-26)28-15-10-18-38(28)34(41)44-35(4,5)6/h8-20,36H,1-7H3,(H,37,40). The van der Waals surface area contributed by atoms with Gasteiger partial charge in [-0.25, -0.2) is 14.5 Å². The number of nitrogens with zero attached hydrogens (tertiary/aromatic N) is 2. The second-order valence-corrected chi connectivity index (χ2v) is 11.7. The molecule has 0 saturated heterocycles. The number of nitrogens with one attached hydrogen (secondary N) is 2. The molecule has 0 unspecified atom stereocenters. The van der Waals surface area contributed by atoms with Crippen molar-refractivity contribution in [1.82, 2.24) is 9.55 Å². The number of carbonyl (C=O) groups excluding carboxylic acids is 2. The maximum atomic E-state index is 13.6. The molecule has 226 valence electrons. The van der Waals surface area contributed by atoms with Gasteiger partial charge in [0, 0.05) is 29.9 Å². The smallest absolute Gasteiger partial charge is 0.418 e. The Balaban J connectivity index is 1.45. The second-order valence-electron chi connectivity index (χ2n) is 11.7. The first kappa shape index (κ1) is 30.2. The summed E-state index contributed by atoms with van der Waals surface area (Å²) in [5.74, 6) is 0.359. The maximum absolute atomic E-state index is 13.6. The summed E-state index contributed by atoms with van der Waals surface area (Å²) in [6, 6.07) is 22.2. The van der Waals surface area contributed by atoms with Gasteiger partial charge in [0.2, 0.25) is 5.69 Å². The van der Waals surface area contributed by atoms with Crippen LogP contribution in [0.15, 0.2) is 79.0 Å². The monoisotopic (exact) mass is 592 g/mol. The molecule has 0 aliphatic heterocycles. The van der Waals surface area contributed by atoms with Crippen LogP contribution in [-0.2, 0) is 4.74 Å². The molecule has 5 rings (SSSR count). The van der Waals surface area contributed by atoms with E-state index in [1.807, 2.05) is 50.2 Å². The van der Waals surface area contributed by atoms with E-state index in [9.17, 15) is 14.8 Å². The van der Waals surface area contributed by atoms with E-state index in [-0.39, 0.29) is 11.5 Å². The van der Waals surface area contributed by atoms with E-state index in [1.165, 1.54) is 4.57 Å². The van der Waals surface area contributed by atoms with Crippen LogP contribution in [0.5, 0.6) is 5.75 Å². The van der Waals surface area contributed by atoms with Gasteiger partial charge in [-0.3, -0.25) is 9.36 Å². The quantitative estimate of drug-likeness (QED) is 0.157. The number of aryl methyl sites for hydroxylation is 3. The van der Waals surface area contributed by atoms with Crippen LogP contribution < -0.4 is 14.8 Å². The van der Waals surface area contributed by atoms with Gasteiger partial charge in [0.05, 0.1) is 18.4 Å². The van der Waals surface area contributed by atoms with Crippen molar-refractivity contribution >= 4 is 17.7 Å². The summed E-state index contributed by atoms with van der Waals surface area (Å²) in [5, 5.41) is 16.4. The zero-order valence-corrected chi connectivity index (χ0v) is 25.9. The number of imidazole rings is 1.